The Morgan fingerprint density at radius 1 is 0.112 bits per heavy atom. The van der Waals surface area contributed by atoms with Crippen LogP contribution < -0.4 is 0 Å². The Morgan fingerprint density at radius 3 is 0.922 bits per heavy atom. The summed E-state index contributed by atoms with van der Waals surface area (Å²) in [4.78, 5) is 0. The lowest BCUT2D eigenvalue weighted by atomic mass is 9.92. The van der Waals surface area contributed by atoms with Crippen molar-refractivity contribution in [3.63, 3.8) is 0 Å². The van der Waals surface area contributed by atoms with Crippen LogP contribution in [0.2, 0.25) is 0 Å². The minimum atomic E-state index is 1.07. The lowest BCUT2D eigenvalue weighted by molar-refractivity contribution is 1.17. The van der Waals surface area contributed by atoms with E-state index >= 15 is 0 Å². The van der Waals surface area contributed by atoms with Crippen LogP contribution in [0, 0.1) is 0 Å². The van der Waals surface area contributed by atoms with Gasteiger partial charge in [0, 0.05) is 0 Å². The minimum absolute atomic E-state index is 1.07. The Kier molecular flexibility index (Phi) is 14.7. The smallest absolute Gasteiger partial charge is 0.000421 e. The Balaban J connectivity index is 0.0000000814. The molecule has 0 aromatic heterocycles. The van der Waals surface area contributed by atoms with Crippen LogP contribution in [0.3, 0.4) is 0 Å². The van der Waals surface area contributed by atoms with Crippen LogP contribution in [0.25, 0.3) is 154 Å². The minimum Gasteiger partial charge on any atom is -0.0619 e. The van der Waals surface area contributed by atoms with Gasteiger partial charge in [-0.05, 0) is 336 Å². The molecule has 0 heteroatoms. The lowest BCUT2D eigenvalue weighted by Gasteiger charge is -2.11. The quantitative estimate of drug-likeness (QED) is 0.142. The van der Waals surface area contributed by atoms with Crippen molar-refractivity contribution in [1.29, 1.82) is 0 Å². The summed E-state index contributed by atoms with van der Waals surface area (Å²) in [5.74, 6) is 0. The largest absolute Gasteiger partial charge is 0.0619 e. The van der Waals surface area contributed by atoms with Crippen LogP contribution in [0.4, 0.5) is 0 Å². The number of fused-ring (bicyclic) bond motifs is 42. The summed E-state index contributed by atoms with van der Waals surface area (Å²) in [6.45, 7) is 0. The van der Waals surface area contributed by atoms with E-state index in [-0.39, 0.29) is 0 Å². The molecule has 0 heterocycles. The third-order valence-electron chi connectivity index (χ3n) is 27.7. The van der Waals surface area contributed by atoms with Gasteiger partial charge in [0.05, 0.1) is 0 Å². The third-order valence-corrected chi connectivity index (χ3v) is 27.7. The first-order chi connectivity index (χ1) is 57.5. The molecular weight excluding hydrogens is 1390 g/mol. The molecule has 19 aromatic carbocycles. The molecule has 116 heavy (non-hydrogen) atoms. The molecule has 0 nitrogen and oxygen atoms in total. The molecule has 0 aliphatic heterocycles. The van der Waals surface area contributed by atoms with Crippen molar-refractivity contribution in [3.8, 4) is 111 Å². The summed E-state index contributed by atoms with van der Waals surface area (Å²) in [6, 6.07) is 130. The van der Waals surface area contributed by atoms with Gasteiger partial charge in [-0.2, -0.15) is 0 Å². The predicted octanol–water partition coefficient (Wildman–Crippen LogP) is 28.8. The average Bonchev–Trinajstić information content (AvgIpc) is 1.59. The van der Waals surface area contributed by atoms with E-state index in [1.807, 2.05) is 0 Å². The summed E-state index contributed by atoms with van der Waals surface area (Å²) in [6.07, 6.45) is 10.7. The van der Waals surface area contributed by atoms with Crippen LogP contribution in [0.15, 0.2) is 352 Å². The van der Waals surface area contributed by atoms with Crippen molar-refractivity contribution in [1.82, 2.24) is 0 Å². The molecule has 0 fully saturated rings. The van der Waals surface area contributed by atoms with E-state index in [4.69, 9.17) is 0 Å². The molecule has 0 radical (unpaired) electrons. The molecule has 29 rings (SSSR count). The van der Waals surface area contributed by atoms with E-state index in [9.17, 15) is 0 Å². The number of benzene rings is 19. The Labute approximate surface area is 677 Å². The van der Waals surface area contributed by atoms with Gasteiger partial charge in [-0.3, -0.25) is 0 Å². The highest BCUT2D eigenvalue weighted by Crippen LogP contribution is 2.55. The highest BCUT2D eigenvalue weighted by Gasteiger charge is 2.35. The molecule has 0 amide bonds. The summed E-state index contributed by atoms with van der Waals surface area (Å²) < 4.78 is 0. The van der Waals surface area contributed by atoms with Gasteiger partial charge in [0.15, 0.2) is 0 Å². The van der Waals surface area contributed by atoms with Crippen LogP contribution in [0.1, 0.15) is 111 Å². The van der Waals surface area contributed by atoms with Crippen LogP contribution in [-0.2, 0) is 64.2 Å². The van der Waals surface area contributed by atoms with Crippen molar-refractivity contribution < 1.29 is 0 Å². The molecule has 0 N–H and O–H groups in total. The van der Waals surface area contributed by atoms with E-state index < -0.39 is 0 Å². The van der Waals surface area contributed by atoms with Crippen molar-refractivity contribution in [2.24, 2.45) is 0 Å². The fraction of sp³-hybridized carbons (Fsp3) is 0.0862. The standard InChI is InChI=1S/4C24H16.C20H14/c1-4-8-20-15(5-1)9-10-17-13-18-11-12-21-19-7-3-2-6-16(19)14-22(21)24(18)23(17)20;1-3-7-18-15(5-1)9-12-21-22(18)14-17-10-11-20-19-8-4-2-6-16(19)13-23(20)24(17)21;1-3-7-17-15(5-1)9-10-20-21-12-11-19-18-8-4-2-6-16(18)13-22(19)24(21)14-23(17)20;1-2-6-16-13-22-19(11-15(16)5-1)12-18-9-10-21-20-8-4-3-7-17(20)14-23(21)24(18)22;1-3-7-17-13(5-1)11-15-9-10-16-12-14-6-2-4-8-18(14)20(16)19(15)17/h3*1-12H,13-14H2;1-11,13H,12,14H2;1-10H,11-12H2. The van der Waals surface area contributed by atoms with Gasteiger partial charge in [-0.1, -0.05) is 346 Å². The third kappa shape index (κ3) is 10.1. The molecule has 0 saturated heterocycles. The van der Waals surface area contributed by atoms with E-state index in [1.165, 1.54) is 255 Å². The molecule has 10 aliphatic carbocycles. The normalized spacial score (nSPS) is 13.5. The second-order valence-corrected chi connectivity index (χ2v) is 33.6. The Morgan fingerprint density at radius 2 is 0.388 bits per heavy atom. The highest BCUT2D eigenvalue weighted by molar-refractivity contribution is 6.06. The van der Waals surface area contributed by atoms with Gasteiger partial charge in [0.2, 0.25) is 0 Å². The van der Waals surface area contributed by atoms with Gasteiger partial charge >= 0.3 is 0 Å². The van der Waals surface area contributed by atoms with Crippen LogP contribution in [0.5, 0.6) is 0 Å². The molecule has 10 aliphatic rings. The second-order valence-electron chi connectivity index (χ2n) is 33.6. The first-order valence-corrected chi connectivity index (χ1v) is 41.8. The topological polar surface area (TPSA) is 0 Å². The number of hydrogen-bond acceptors (Lipinski definition) is 0. The van der Waals surface area contributed by atoms with Crippen LogP contribution >= 0.6 is 0 Å². The summed E-state index contributed by atoms with van der Waals surface area (Å²) >= 11 is 0. The van der Waals surface area contributed by atoms with Gasteiger partial charge in [0.25, 0.3) is 0 Å². The zero-order valence-electron chi connectivity index (χ0n) is 64.6. The van der Waals surface area contributed by atoms with Crippen molar-refractivity contribution >= 4 is 43.1 Å². The zero-order valence-corrected chi connectivity index (χ0v) is 64.6. The molecule has 0 spiro atoms. The molecule has 0 saturated carbocycles. The molecule has 0 bridgehead atoms. The van der Waals surface area contributed by atoms with Gasteiger partial charge in [-0.15, -0.1) is 0 Å². The van der Waals surface area contributed by atoms with Crippen molar-refractivity contribution in [2.45, 2.75) is 64.2 Å². The maximum absolute atomic E-state index is 2.40. The molecule has 19 aromatic rings. The molecule has 542 valence electrons. The van der Waals surface area contributed by atoms with E-state index in [1.54, 1.807) is 11.1 Å². The van der Waals surface area contributed by atoms with Gasteiger partial charge in [-0.25, -0.2) is 0 Å². The number of rotatable bonds is 0. The van der Waals surface area contributed by atoms with E-state index in [0.717, 1.165) is 64.2 Å². The summed E-state index contributed by atoms with van der Waals surface area (Å²) in [5.41, 5.74) is 59.0. The highest BCUT2D eigenvalue weighted by atomic mass is 14.4. The maximum atomic E-state index is 2.40. The van der Waals surface area contributed by atoms with Crippen LogP contribution in [-0.4, -0.2) is 0 Å². The first-order valence-electron chi connectivity index (χ1n) is 41.8. The fourth-order valence-electron chi connectivity index (χ4n) is 22.5. The SMILES string of the molecule is c1ccc2c(c1)Cc1c-2ccc2c1-c1c(ccc3ccccc13)C2.c1ccc2c(c1)Cc1c-2ccc2c1-c1cc3ccccc3cc1C2.c1ccc2c(c1)Cc1c-2ccc2c1-c1ccc3ccccc3c1C2.c1ccc2c(c1)Cc1c-2ccc2c1Cc1c-2ccc2ccccc12.c1ccc2c(c1)Cc1ccc3c(c1-2)-c1ccccc1C3. The van der Waals surface area contributed by atoms with E-state index in [2.05, 4.69) is 352 Å². The monoisotopic (exact) mass is 1470 g/mol. The predicted molar refractivity (Wildman–Crippen MR) is 485 cm³/mol. The average molecular weight is 1470 g/mol. The summed E-state index contributed by atoms with van der Waals surface area (Å²) in [5, 5.41) is 11.0. The number of hydrogen-bond donors (Lipinski definition) is 0. The molecule has 0 atom stereocenters. The van der Waals surface area contributed by atoms with Crippen molar-refractivity contribution in [2.75, 3.05) is 0 Å². The zero-order chi connectivity index (χ0) is 75.8. The molecule has 0 unspecified atom stereocenters. The van der Waals surface area contributed by atoms with Crippen molar-refractivity contribution in [3.05, 3.63) is 463 Å². The fourth-order valence-corrected chi connectivity index (χ4v) is 22.5. The second kappa shape index (κ2) is 25.9. The van der Waals surface area contributed by atoms with E-state index in [0.29, 0.717) is 0 Å². The summed E-state index contributed by atoms with van der Waals surface area (Å²) in [7, 11) is 0. The molecular formula is C116H78. The maximum Gasteiger partial charge on any atom is -0.000421 e. The first kappa shape index (κ1) is 65.7. The van der Waals surface area contributed by atoms with Gasteiger partial charge in [0.1, 0.15) is 0 Å². The lowest BCUT2D eigenvalue weighted by Crippen LogP contribution is -1.91. The van der Waals surface area contributed by atoms with Gasteiger partial charge < -0.3 is 0 Å². The Hall–Kier alpha value is -13.8. The Bertz CT molecular complexity index is 7360.